The molecule has 3 nitrogen and oxygen atoms in total. The van der Waals surface area contributed by atoms with Crippen LogP contribution in [0.3, 0.4) is 0 Å². The number of esters is 1. The van der Waals surface area contributed by atoms with Crippen LogP contribution in [-0.4, -0.2) is 31.1 Å². The van der Waals surface area contributed by atoms with Gasteiger partial charge in [0.15, 0.2) is 0 Å². The normalized spacial score (nSPS) is 8.56. The predicted octanol–water partition coefficient (Wildman–Crippen LogP) is 4.59. The zero-order valence-electron chi connectivity index (χ0n) is 12.1. The zero-order chi connectivity index (χ0) is 14.6. The van der Waals surface area contributed by atoms with Crippen molar-refractivity contribution in [2.24, 2.45) is 0 Å². The Morgan fingerprint density at radius 1 is 1.00 bits per heavy atom. The number of rotatable bonds is 7. The van der Waals surface area contributed by atoms with E-state index < -0.39 is 0 Å². The van der Waals surface area contributed by atoms with E-state index >= 15 is 0 Å². The van der Waals surface area contributed by atoms with E-state index in [2.05, 4.69) is 18.6 Å². The van der Waals surface area contributed by atoms with Crippen molar-refractivity contribution in [2.75, 3.05) is 25.2 Å². The lowest BCUT2D eigenvalue weighted by Gasteiger charge is -1.99. The Morgan fingerprint density at radius 3 is 1.56 bits per heavy atom. The third kappa shape index (κ3) is 44.4. The molecule has 0 saturated heterocycles. The molecule has 5 heteroatoms. The van der Waals surface area contributed by atoms with Crippen LogP contribution >= 0.6 is 23.2 Å². The molecule has 0 aliphatic heterocycles. The Bertz CT molecular complexity index is 138. The van der Waals surface area contributed by atoms with Gasteiger partial charge in [-0.15, -0.1) is 23.2 Å². The second-order valence-corrected chi connectivity index (χ2v) is 4.15. The van der Waals surface area contributed by atoms with Gasteiger partial charge in [0, 0.05) is 20.1 Å². The second-order valence-electron chi connectivity index (χ2n) is 3.35. The van der Waals surface area contributed by atoms with Gasteiger partial charge in [-0.3, -0.25) is 4.79 Å². The van der Waals surface area contributed by atoms with Crippen LogP contribution in [0.25, 0.3) is 0 Å². The maximum atomic E-state index is 9.82. The van der Waals surface area contributed by atoms with E-state index in [1.807, 2.05) is 0 Å². The second kappa shape index (κ2) is 25.8. The first-order valence-electron chi connectivity index (χ1n) is 6.43. The van der Waals surface area contributed by atoms with Gasteiger partial charge in [-0.1, -0.05) is 26.7 Å². The molecule has 0 aliphatic carbocycles. The van der Waals surface area contributed by atoms with Crippen LogP contribution < -0.4 is 0 Å². The summed E-state index contributed by atoms with van der Waals surface area (Å²) < 4.78 is 9.72. The molecule has 0 amide bonds. The minimum atomic E-state index is -0.211. The summed E-state index contributed by atoms with van der Waals surface area (Å²) >= 11 is 9.53. The fourth-order valence-electron chi connectivity index (χ4n) is 0.798. The van der Waals surface area contributed by atoms with Crippen LogP contribution in [0, 0.1) is 0 Å². The van der Waals surface area contributed by atoms with E-state index in [-0.39, 0.29) is 11.3 Å². The molecule has 18 heavy (non-hydrogen) atoms. The molecule has 0 aromatic carbocycles. The first kappa shape index (κ1) is 23.1. The number of ether oxygens (including phenoxy) is 2. The minimum Gasteiger partial charge on any atom is -0.466 e. The minimum absolute atomic E-state index is 0.194. The lowest BCUT2D eigenvalue weighted by molar-refractivity contribution is -0.140. The fraction of sp³-hybridized carbons (Fsp3) is 0.923. The highest BCUT2D eigenvalue weighted by molar-refractivity contribution is 6.40. The number of hydrogen-bond acceptors (Lipinski definition) is 3. The molecule has 0 bridgehead atoms. The largest absolute Gasteiger partial charge is 0.466 e. The summed E-state index contributed by atoms with van der Waals surface area (Å²) in [5, 5.41) is 0.194. The van der Waals surface area contributed by atoms with Crippen molar-refractivity contribution < 1.29 is 14.3 Å². The molecule has 0 aromatic heterocycles. The smallest absolute Gasteiger partial charge is 0.302 e. The average Bonchev–Trinajstić information content (AvgIpc) is 2.31. The maximum absolute atomic E-state index is 9.82. The van der Waals surface area contributed by atoms with Gasteiger partial charge in [0.2, 0.25) is 0 Å². The van der Waals surface area contributed by atoms with E-state index in [1.54, 1.807) is 6.92 Å². The SMILES string of the molecule is CCCCOCCCC.CCOC(C)=O.ClCCl. The van der Waals surface area contributed by atoms with Crippen LogP contribution in [0.4, 0.5) is 0 Å². The van der Waals surface area contributed by atoms with Crippen LogP contribution in [-0.2, 0) is 14.3 Å². The standard InChI is InChI=1S/C8H18O.C4H8O2.CH2Cl2/c1-3-5-7-9-8-6-4-2;1-3-6-4(2)5;2-1-3/h3-8H2,1-2H3;3H2,1-2H3;1H2. The number of carbonyl (C=O) groups excluding carboxylic acids is 1. The molecule has 0 heterocycles. The lowest BCUT2D eigenvalue weighted by Crippen LogP contribution is -1.95. The number of alkyl halides is 2. The molecule has 0 N–H and O–H groups in total. The van der Waals surface area contributed by atoms with Crippen molar-refractivity contribution in [3.05, 3.63) is 0 Å². The average molecular weight is 303 g/mol. The van der Waals surface area contributed by atoms with Crippen molar-refractivity contribution in [1.29, 1.82) is 0 Å². The van der Waals surface area contributed by atoms with Gasteiger partial charge in [-0.05, 0) is 19.8 Å². The van der Waals surface area contributed by atoms with Crippen LogP contribution in [0.5, 0.6) is 0 Å². The van der Waals surface area contributed by atoms with Gasteiger partial charge < -0.3 is 9.47 Å². The van der Waals surface area contributed by atoms with Crippen molar-refractivity contribution in [2.45, 2.75) is 53.4 Å². The Morgan fingerprint density at radius 2 is 1.39 bits per heavy atom. The quantitative estimate of drug-likeness (QED) is 0.392. The van der Waals surface area contributed by atoms with E-state index in [1.165, 1.54) is 32.6 Å². The molecule has 112 valence electrons. The summed E-state index contributed by atoms with van der Waals surface area (Å²) in [6, 6.07) is 0. The Kier molecular flexibility index (Phi) is 33.1. The molecule has 0 aromatic rings. The summed E-state index contributed by atoms with van der Waals surface area (Å²) in [5.41, 5.74) is 0. The van der Waals surface area contributed by atoms with Gasteiger partial charge in [0.25, 0.3) is 0 Å². The van der Waals surface area contributed by atoms with Crippen LogP contribution in [0.2, 0.25) is 0 Å². The monoisotopic (exact) mass is 302 g/mol. The third-order valence-corrected chi connectivity index (χ3v) is 1.63. The molecule has 0 radical (unpaired) electrons. The highest BCUT2D eigenvalue weighted by Crippen LogP contribution is 1.91. The summed E-state index contributed by atoms with van der Waals surface area (Å²) in [4.78, 5) is 9.82. The van der Waals surface area contributed by atoms with Crippen LogP contribution in [0.15, 0.2) is 0 Å². The molecule has 0 saturated carbocycles. The van der Waals surface area contributed by atoms with E-state index in [9.17, 15) is 4.79 Å². The van der Waals surface area contributed by atoms with Crippen LogP contribution in [0.1, 0.15) is 53.4 Å². The van der Waals surface area contributed by atoms with Crippen molar-refractivity contribution in [1.82, 2.24) is 0 Å². The number of hydrogen-bond donors (Lipinski definition) is 0. The van der Waals surface area contributed by atoms with Gasteiger partial charge >= 0.3 is 5.97 Å². The van der Waals surface area contributed by atoms with Crippen molar-refractivity contribution >= 4 is 29.2 Å². The molecule has 0 fully saturated rings. The predicted molar refractivity (Wildman–Crippen MR) is 79.5 cm³/mol. The van der Waals surface area contributed by atoms with E-state index in [4.69, 9.17) is 27.9 Å². The first-order valence-corrected chi connectivity index (χ1v) is 7.50. The topological polar surface area (TPSA) is 35.5 Å². The molecule has 0 unspecified atom stereocenters. The molecule has 0 atom stereocenters. The van der Waals surface area contributed by atoms with E-state index in [0.717, 1.165) is 13.2 Å². The van der Waals surface area contributed by atoms with Crippen molar-refractivity contribution in [3.63, 3.8) is 0 Å². The number of halogens is 2. The molecular weight excluding hydrogens is 275 g/mol. The number of unbranched alkanes of at least 4 members (excludes halogenated alkanes) is 2. The van der Waals surface area contributed by atoms with Gasteiger partial charge in [0.05, 0.1) is 11.9 Å². The van der Waals surface area contributed by atoms with Crippen molar-refractivity contribution in [3.8, 4) is 0 Å². The van der Waals surface area contributed by atoms with Gasteiger partial charge in [-0.25, -0.2) is 0 Å². The highest BCUT2D eigenvalue weighted by atomic mass is 35.5. The summed E-state index contributed by atoms with van der Waals surface area (Å²) in [6.07, 6.45) is 4.91. The summed E-state index contributed by atoms with van der Waals surface area (Å²) in [5.74, 6) is -0.211. The summed E-state index contributed by atoms with van der Waals surface area (Å²) in [6.45, 7) is 9.93. The van der Waals surface area contributed by atoms with E-state index in [0.29, 0.717) is 6.61 Å². The summed E-state index contributed by atoms with van der Waals surface area (Å²) in [7, 11) is 0. The molecule has 0 aliphatic rings. The molecular formula is C13H28Cl2O3. The number of carbonyl (C=O) groups is 1. The molecule has 0 rings (SSSR count). The Hall–Kier alpha value is 0.01000. The Balaban J connectivity index is -0.000000216. The fourth-order valence-corrected chi connectivity index (χ4v) is 0.798. The first-order chi connectivity index (χ1) is 8.60. The van der Waals surface area contributed by atoms with Gasteiger partial charge in [0.1, 0.15) is 0 Å². The lowest BCUT2D eigenvalue weighted by atomic mass is 10.3. The zero-order valence-corrected chi connectivity index (χ0v) is 13.6. The maximum Gasteiger partial charge on any atom is 0.302 e. The van der Waals surface area contributed by atoms with Gasteiger partial charge in [-0.2, -0.15) is 0 Å². The molecule has 0 spiro atoms. The Labute approximate surface area is 122 Å². The third-order valence-electron chi connectivity index (χ3n) is 1.63. The highest BCUT2D eigenvalue weighted by Gasteiger charge is 1.84.